The molecule has 0 bridgehead atoms. The molecule has 0 aliphatic carbocycles. The van der Waals surface area contributed by atoms with Crippen molar-refractivity contribution in [3.63, 3.8) is 0 Å². The van der Waals surface area contributed by atoms with Gasteiger partial charge in [0.05, 0.1) is 17.4 Å². The summed E-state index contributed by atoms with van der Waals surface area (Å²) in [4.78, 5) is 15.8. The Morgan fingerprint density at radius 2 is 2.28 bits per heavy atom. The van der Waals surface area contributed by atoms with Crippen LogP contribution in [0, 0.1) is 0 Å². The van der Waals surface area contributed by atoms with Gasteiger partial charge >= 0.3 is 0 Å². The van der Waals surface area contributed by atoms with Crippen LogP contribution in [0.1, 0.15) is 29.6 Å². The Balaban J connectivity index is 2.32. The van der Waals surface area contributed by atoms with Gasteiger partial charge in [0, 0.05) is 12.7 Å². The number of aromatic nitrogens is 1. The Morgan fingerprint density at radius 1 is 1.44 bits per heavy atom. The molecule has 0 atom stereocenters. The Labute approximate surface area is 112 Å². The number of unbranched alkanes of at least 4 members (excludes halogenated alkanes) is 2. The van der Waals surface area contributed by atoms with Gasteiger partial charge in [-0.2, -0.15) is 11.8 Å². The van der Waals surface area contributed by atoms with E-state index in [2.05, 4.69) is 22.0 Å². The van der Waals surface area contributed by atoms with Crippen LogP contribution in [-0.4, -0.2) is 29.4 Å². The summed E-state index contributed by atoms with van der Waals surface area (Å²) in [7, 11) is 0. The Bertz CT molecular complexity index is 373. The predicted molar refractivity (Wildman–Crippen MR) is 76.6 cm³/mol. The molecule has 0 saturated heterocycles. The highest BCUT2D eigenvalue weighted by molar-refractivity contribution is 7.98. The summed E-state index contributed by atoms with van der Waals surface area (Å²) in [5.74, 6) is 6.39. The predicted octanol–water partition coefficient (Wildman–Crippen LogP) is 1.63. The lowest BCUT2D eigenvalue weighted by molar-refractivity contribution is 0.0953. The summed E-state index contributed by atoms with van der Waals surface area (Å²) in [5.41, 5.74) is 3.53. The Morgan fingerprint density at radius 3 is 3.00 bits per heavy atom. The van der Waals surface area contributed by atoms with Gasteiger partial charge in [-0.3, -0.25) is 15.6 Å². The summed E-state index contributed by atoms with van der Waals surface area (Å²) < 4.78 is 0. The standard InChI is InChI=1S/C12H20N4OS/c1-18-8-4-2-3-6-15-12(17)10-5-7-14-9-11(10)16-13/h5,7,9,16H,2-4,6,8,13H2,1H3,(H,15,17). The van der Waals surface area contributed by atoms with Crippen LogP contribution in [0.4, 0.5) is 5.69 Å². The van der Waals surface area contributed by atoms with Crippen molar-refractivity contribution in [2.45, 2.75) is 19.3 Å². The Kier molecular flexibility index (Phi) is 7.20. The minimum atomic E-state index is -0.116. The quantitative estimate of drug-likeness (QED) is 0.379. The molecule has 4 N–H and O–H groups in total. The maximum atomic E-state index is 11.9. The van der Waals surface area contributed by atoms with Crippen LogP contribution < -0.4 is 16.6 Å². The lowest BCUT2D eigenvalue weighted by atomic mass is 10.2. The van der Waals surface area contributed by atoms with Crippen molar-refractivity contribution in [2.24, 2.45) is 5.84 Å². The number of rotatable bonds is 8. The van der Waals surface area contributed by atoms with Gasteiger partial charge in [-0.1, -0.05) is 6.42 Å². The molecule has 1 aromatic heterocycles. The molecule has 0 radical (unpaired) electrons. The first kappa shape index (κ1) is 14.8. The third kappa shape index (κ3) is 4.93. The third-order valence-electron chi connectivity index (χ3n) is 2.53. The highest BCUT2D eigenvalue weighted by Gasteiger charge is 2.09. The number of anilines is 1. The number of nitrogens with zero attached hydrogens (tertiary/aromatic N) is 1. The smallest absolute Gasteiger partial charge is 0.253 e. The molecule has 0 spiro atoms. The number of pyridine rings is 1. The number of carbonyl (C=O) groups is 1. The average molecular weight is 268 g/mol. The number of hydrogen-bond acceptors (Lipinski definition) is 5. The van der Waals surface area contributed by atoms with Crippen molar-refractivity contribution in [2.75, 3.05) is 24.0 Å². The lowest BCUT2D eigenvalue weighted by Crippen LogP contribution is -2.26. The van der Waals surface area contributed by atoms with Crippen LogP contribution in [0.2, 0.25) is 0 Å². The number of nitrogen functional groups attached to an aromatic ring is 1. The molecule has 1 rings (SSSR count). The molecule has 1 aromatic rings. The number of thioether (sulfide) groups is 1. The van der Waals surface area contributed by atoms with E-state index >= 15 is 0 Å². The molecule has 1 amide bonds. The van der Waals surface area contributed by atoms with Gasteiger partial charge in [-0.15, -0.1) is 0 Å². The van der Waals surface area contributed by atoms with Crippen molar-refractivity contribution in [3.8, 4) is 0 Å². The second-order valence-electron chi connectivity index (χ2n) is 3.87. The second kappa shape index (κ2) is 8.77. The van der Waals surface area contributed by atoms with Crippen molar-refractivity contribution in [3.05, 3.63) is 24.0 Å². The summed E-state index contributed by atoms with van der Waals surface area (Å²) in [6.07, 6.45) is 8.55. The number of nitrogens with two attached hydrogens (primary N) is 1. The van der Waals surface area contributed by atoms with E-state index in [0.29, 0.717) is 17.8 Å². The van der Waals surface area contributed by atoms with Gasteiger partial charge in [0.25, 0.3) is 5.91 Å². The van der Waals surface area contributed by atoms with E-state index < -0.39 is 0 Å². The number of amides is 1. The van der Waals surface area contributed by atoms with Crippen molar-refractivity contribution in [1.82, 2.24) is 10.3 Å². The summed E-state index contributed by atoms with van der Waals surface area (Å²) in [6, 6.07) is 1.65. The Hall–Kier alpha value is -1.27. The molecule has 100 valence electrons. The van der Waals surface area contributed by atoms with E-state index in [1.807, 2.05) is 11.8 Å². The summed E-state index contributed by atoms with van der Waals surface area (Å²) in [6.45, 7) is 0.694. The first-order chi connectivity index (χ1) is 8.79. The first-order valence-corrected chi connectivity index (χ1v) is 7.36. The highest BCUT2D eigenvalue weighted by atomic mass is 32.2. The van der Waals surface area contributed by atoms with Crippen LogP contribution in [0.25, 0.3) is 0 Å². The fraction of sp³-hybridized carbons (Fsp3) is 0.500. The molecular weight excluding hydrogens is 248 g/mol. The molecule has 0 aliphatic heterocycles. The molecule has 0 fully saturated rings. The van der Waals surface area contributed by atoms with Gasteiger partial charge in [-0.05, 0) is 30.9 Å². The summed E-state index contributed by atoms with van der Waals surface area (Å²) in [5, 5.41) is 2.88. The normalized spacial score (nSPS) is 10.1. The van der Waals surface area contributed by atoms with E-state index in [9.17, 15) is 4.79 Å². The van der Waals surface area contributed by atoms with Crippen molar-refractivity contribution >= 4 is 23.4 Å². The van der Waals surface area contributed by atoms with Crippen molar-refractivity contribution < 1.29 is 4.79 Å². The highest BCUT2D eigenvalue weighted by Crippen LogP contribution is 2.11. The van der Waals surface area contributed by atoms with E-state index in [4.69, 9.17) is 5.84 Å². The van der Waals surface area contributed by atoms with Gasteiger partial charge in [0.15, 0.2) is 0 Å². The molecule has 5 nitrogen and oxygen atoms in total. The number of hydrazine groups is 1. The zero-order valence-corrected chi connectivity index (χ0v) is 11.4. The topological polar surface area (TPSA) is 80.0 Å². The molecule has 0 saturated carbocycles. The molecule has 18 heavy (non-hydrogen) atoms. The van der Waals surface area contributed by atoms with Gasteiger partial charge in [0.1, 0.15) is 0 Å². The van der Waals surface area contributed by atoms with E-state index in [1.165, 1.54) is 18.4 Å². The molecule has 6 heteroatoms. The molecule has 0 aromatic carbocycles. The largest absolute Gasteiger partial charge is 0.352 e. The number of nitrogens with one attached hydrogen (secondary N) is 2. The molecular formula is C12H20N4OS. The molecule has 1 heterocycles. The van der Waals surface area contributed by atoms with Gasteiger partial charge in [0.2, 0.25) is 0 Å². The number of hydrogen-bond donors (Lipinski definition) is 3. The van der Waals surface area contributed by atoms with Gasteiger partial charge < -0.3 is 10.7 Å². The minimum absolute atomic E-state index is 0.116. The van der Waals surface area contributed by atoms with Crippen LogP contribution in [0.3, 0.4) is 0 Å². The zero-order valence-electron chi connectivity index (χ0n) is 10.6. The second-order valence-corrected chi connectivity index (χ2v) is 4.86. The molecule has 0 unspecified atom stereocenters. The van der Waals surface area contributed by atoms with E-state index in [-0.39, 0.29) is 5.91 Å². The third-order valence-corrected chi connectivity index (χ3v) is 3.23. The van der Waals surface area contributed by atoms with Crippen molar-refractivity contribution in [1.29, 1.82) is 0 Å². The maximum absolute atomic E-state index is 11.9. The minimum Gasteiger partial charge on any atom is -0.352 e. The fourth-order valence-electron chi connectivity index (χ4n) is 1.55. The van der Waals surface area contributed by atoms with Crippen LogP contribution >= 0.6 is 11.8 Å². The van der Waals surface area contributed by atoms with Crippen LogP contribution in [-0.2, 0) is 0 Å². The van der Waals surface area contributed by atoms with Crippen LogP contribution in [0.5, 0.6) is 0 Å². The number of carbonyl (C=O) groups excluding carboxylic acids is 1. The average Bonchev–Trinajstić information content (AvgIpc) is 2.42. The lowest BCUT2D eigenvalue weighted by Gasteiger charge is -2.08. The molecule has 0 aliphatic rings. The maximum Gasteiger partial charge on any atom is 0.253 e. The van der Waals surface area contributed by atoms with Crippen LogP contribution in [0.15, 0.2) is 18.5 Å². The van der Waals surface area contributed by atoms with E-state index in [0.717, 1.165) is 12.8 Å². The van der Waals surface area contributed by atoms with Gasteiger partial charge in [-0.25, -0.2) is 0 Å². The first-order valence-electron chi connectivity index (χ1n) is 5.97. The fourth-order valence-corrected chi connectivity index (χ4v) is 2.05. The monoisotopic (exact) mass is 268 g/mol. The SMILES string of the molecule is CSCCCCCNC(=O)c1ccncc1NN. The zero-order chi connectivity index (χ0) is 13.2. The van der Waals surface area contributed by atoms with E-state index in [1.54, 1.807) is 12.3 Å². The summed E-state index contributed by atoms with van der Waals surface area (Å²) >= 11 is 1.85.